The molecule has 1 aromatic carbocycles. The fraction of sp³-hybridized carbons (Fsp3) is 0.348. The topological polar surface area (TPSA) is 77.6 Å². The maximum absolute atomic E-state index is 14.9. The second kappa shape index (κ2) is 8.58. The van der Waals surface area contributed by atoms with Gasteiger partial charge in [0.25, 0.3) is 0 Å². The number of alkyl halides is 1. The minimum Gasteiger partial charge on any atom is -0.479 e. The summed E-state index contributed by atoms with van der Waals surface area (Å²) in [7, 11) is 0. The fourth-order valence-corrected chi connectivity index (χ4v) is 5.88. The highest BCUT2D eigenvalue weighted by atomic mass is 35.5. The van der Waals surface area contributed by atoms with E-state index < -0.39 is 34.4 Å². The molecule has 33 heavy (non-hydrogen) atoms. The number of Topliss-reactive ketones (excluding diaryl/α,β-unsaturated/α-hetero) is 1. The average Bonchev–Trinajstić information content (AvgIpc) is 3.50. The van der Waals surface area contributed by atoms with Crippen molar-refractivity contribution >= 4 is 34.3 Å². The highest BCUT2D eigenvalue weighted by molar-refractivity contribution is 8.15. The predicted molar refractivity (Wildman–Crippen MR) is 121 cm³/mol. The summed E-state index contributed by atoms with van der Waals surface area (Å²) in [6, 6.07) is 3.72. The molecule has 0 spiro atoms. The van der Waals surface area contributed by atoms with Crippen molar-refractivity contribution in [1.29, 1.82) is 0 Å². The van der Waals surface area contributed by atoms with Crippen LogP contribution >= 0.6 is 23.4 Å². The first-order valence-corrected chi connectivity index (χ1v) is 11.2. The van der Waals surface area contributed by atoms with Gasteiger partial charge in [0.1, 0.15) is 24.7 Å². The van der Waals surface area contributed by atoms with Crippen LogP contribution in [-0.2, 0) is 12.0 Å². The SMILES string of the molecule is C#CCOc1cnc(C(=O)Cc2cc(F)c(F)c([C@@]3(C)N=C(N)S[C@@]4(CF)C[C@H]43)c2)c(Cl)c1. The molecule has 2 heterocycles. The number of nitrogens with zero attached hydrogens (tertiary/aromatic N) is 2. The molecule has 0 saturated heterocycles. The summed E-state index contributed by atoms with van der Waals surface area (Å²) >= 11 is 7.28. The molecule has 1 aliphatic heterocycles. The fourth-order valence-electron chi connectivity index (χ4n) is 4.29. The highest BCUT2D eigenvalue weighted by Crippen LogP contribution is 2.66. The third-order valence-corrected chi connectivity index (χ3v) is 7.54. The van der Waals surface area contributed by atoms with E-state index in [2.05, 4.69) is 15.9 Å². The number of carbonyl (C=O) groups is 1. The minimum atomic E-state index is -1.25. The van der Waals surface area contributed by atoms with Crippen molar-refractivity contribution in [2.45, 2.75) is 30.1 Å². The average molecular weight is 494 g/mol. The number of aromatic nitrogens is 1. The lowest BCUT2D eigenvalue weighted by atomic mass is 9.84. The molecule has 0 unspecified atom stereocenters. The van der Waals surface area contributed by atoms with Crippen LogP contribution in [0.2, 0.25) is 5.02 Å². The lowest BCUT2D eigenvalue weighted by Gasteiger charge is -2.33. The minimum absolute atomic E-state index is 0.0118. The molecule has 0 bridgehead atoms. The molecule has 1 saturated carbocycles. The van der Waals surface area contributed by atoms with Crippen molar-refractivity contribution in [3.05, 3.63) is 57.9 Å². The van der Waals surface area contributed by atoms with Crippen LogP contribution < -0.4 is 10.5 Å². The van der Waals surface area contributed by atoms with Crippen molar-refractivity contribution < 1.29 is 22.7 Å². The van der Waals surface area contributed by atoms with Gasteiger partial charge in [0.05, 0.1) is 21.5 Å². The van der Waals surface area contributed by atoms with E-state index in [1.165, 1.54) is 18.3 Å². The van der Waals surface area contributed by atoms with Crippen molar-refractivity contribution in [3.63, 3.8) is 0 Å². The number of thioether (sulfide) groups is 1. The van der Waals surface area contributed by atoms with E-state index in [4.69, 9.17) is 28.5 Å². The molecular weight excluding hydrogens is 475 g/mol. The van der Waals surface area contributed by atoms with Crippen LogP contribution in [0.4, 0.5) is 13.2 Å². The van der Waals surface area contributed by atoms with Gasteiger partial charge in [-0.3, -0.25) is 9.79 Å². The second-order valence-electron chi connectivity index (χ2n) is 8.19. The second-order valence-corrected chi connectivity index (χ2v) is 10.0. The number of ketones is 1. The Morgan fingerprint density at radius 2 is 2.18 bits per heavy atom. The Morgan fingerprint density at radius 3 is 2.85 bits per heavy atom. The Bertz CT molecular complexity index is 1220. The number of terminal acetylenes is 1. The van der Waals surface area contributed by atoms with E-state index in [0.717, 1.165) is 17.8 Å². The van der Waals surface area contributed by atoms with Crippen LogP contribution in [-0.4, -0.2) is 34.0 Å². The summed E-state index contributed by atoms with van der Waals surface area (Å²) in [6.45, 7) is 0.970. The van der Waals surface area contributed by atoms with Crippen molar-refractivity contribution in [1.82, 2.24) is 4.98 Å². The Balaban J connectivity index is 1.64. The highest BCUT2D eigenvalue weighted by Gasteiger charge is 2.66. The van der Waals surface area contributed by atoms with Gasteiger partial charge in [0.2, 0.25) is 0 Å². The van der Waals surface area contributed by atoms with E-state index >= 15 is 0 Å². The number of halogens is 4. The zero-order valence-corrected chi connectivity index (χ0v) is 19.1. The molecule has 10 heteroatoms. The zero-order valence-electron chi connectivity index (χ0n) is 17.5. The number of hydrogen-bond donors (Lipinski definition) is 1. The molecule has 2 N–H and O–H groups in total. The number of hydrogen-bond acceptors (Lipinski definition) is 6. The number of ether oxygens (including phenoxy) is 1. The largest absolute Gasteiger partial charge is 0.479 e. The van der Waals surface area contributed by atoms with Crippen molar-refractivity contribution in [3.8, 4) is 18.1 Å². The van der Waals surface area contributed by atoms with Gasteiger partial charge in [-0.2, -0.15) is 0 Å². The van der Waals surface area contributed by atoms with E-state index in [0.29, 0.717) is 12.2 Å². The number of amidine groups is 1. The van der Waals surface area contributed by atoms with E-state index in [-0.39, 0.29) is 46.0 Å². The van der Waals surface area contributed by atoms with E-state index in [9.17, 15) is 18.0 Å². The zero-order chi connectivity index (χ0) is 24.0. The molecule has 2 aromatic rings. The van der Waals surface area contributed by atoms with Gasteiger partial charge in [-0.15, -0.1) is 6.42 Å². The first-order chi connectivity index (χ1) is 15.6. The molecule has 3 atom stereocenters. The van der Waals surface area contributed by atoms with Crippen molar-refractivity contribution in [2.75, 3.05) is 13.3 Å². The maximum Gasteiger partial charge on any atom is 0.187 e. The quantitative estimate of drug-likeness (QED) is 0.455. The summed E-state index contributed by atoms with van der Waals surface area (Å²) in [5.74, 6) is -0.482. The van der Waals surface area contributed by atoms with Crippen LogP contribution in [0.3, 0.4) is 0 Å². The summed E-state index contributed by atoms with van der Waals surface area (Å²) in [5, 5.41) is 0.157. The number of benzene rings is 1. The Hall–Kier alpha value is -2.70. The lowest BCUT2D eigenvalue weighted by Crippen LogP contribution is -2.37. The van der Waals surface area contributed by atoms with E-state index in [1.54, 1.807) is 6.92 Å². The summed E-state index contributed by atoms with van der Waals surface area (Å²) < 4.78 is 47.6. The number of carbonyl (C=O) groups excluding carboxylic acids is 1. The molecule has 0 radical (unpaired) electrons. The maximum atomic E-state index is 14.9. The van der Waals surface area contributed by atoms with Gasteiger partial charge < -0.3 is 10.5 Å². The summed E-state index contributed by atoms with van der Waals surface area (Å²) in [5.41, 5.74) is 4.75. The molecule has 172 valence electrons. The van der Waals surface area contributed by atoms with Crippen molar-refractivity contribution in [2.24, 2.45) is 16.6 Å². The molecule has 2 aliphatic rings. The van der Waals surface area contributed by atoms with E-state index in [1.807, 2.05) is 0 Å². The first-order valence-electron chi connectivity index (χ1n) is 9.97. The van der Waals surface area contributed by atoms with Gasteiger partial charge in [-0.05, 0) is 31.0 Å². The van der Waals surface area contributed by atoms with Gasteiger partial charge in [-0.25, -0.2) is 18.2 Å². The van der Waals surface area contributed by atoms with Crippen LogP contribution in [0.25, 0.3) is 0 Å². The Labute approximate surface area is 198 Å². The van der Waals surface area contributed by atoms with Crippen LogP contribution in [0, 0.1) is 29.9 Å². The normalized spacial score (nSPS) is 25.6. The van der Waals surface area contributed by atoms with Gasteiger partial charge in [-0.1, -0.05) is 29.3 Å². The molecule has 1 aliphatic carbocycles. The number of nitrogens with two attached hydrogens (primary N) is 1. The molecule has 4 rings (SSSR count). The Kier molecular flexibility index (Phi) is 6.10. The summed E-state index contributed by atoms with van der Waals surface area (Å²) in [6.07, 6.45) is 6.59. The third kappa shape index (κ3) is 4.18. The molecule has 1 aromatic heterocycles. The lowest BCUT2D eigenvalue weighted by molar-refractivity contribution is 0.0988. The molecule has 0 amide bonds. The van der Waals surface area contributed by atoms with Gasteiger partial charge in [0, 0.05) is 24.0 Å². The molecular formula is C23H19ClF3N3O2S. The number of fused-ring (bicyclic) bond motifs is 1. The van der Waals surface area contributed by atoms with Crippen LogP contribution in [0.15, 0.2) is 29.4 Å². The van der Waals surface area contributed by atoms with Crippen LogP contribution in [0.1, 0.15) is 35.0 Å². The predicted octanol–water partition coefficient (Wildman–Crippen LogP) is 4.46. The smallest absolute Gasteiger partial charge is 0.187 e. The third-order valence-electron chi connectivity index (χ3n) is 5.98. The first kappa shape index (κ1) is 23.5. The van der Waals surface area contributed by atoms with Gasteiger partial charge in [0.15, 0.2) is 22.6 Å². The summed E-state index contributed by atoms with van der Waals surface area (Å²) in [4.78, 5) is 21.2. The number of rotatable bonds is 7. The number of pyridine rings is 1. The molecule has 5 nitrogen and oxygen atoms in total. The standard InChI is InChI=1S/C23H19ClF3N3O2S/c1-3-4-32-13-8-15(24)20(29-10-13)17(31)7-12-5-14(19(27)16(26)6-12)22(2)18-9-23(18,11-25)33-21(28)30-22/h1,5-6,8,10,18H,4,7,9,11H2,2H3,(H2,28,30)/t18-,22+,23+/m0/s1. The Morgan fingerprint density at radius 1 is 1.42 bits per heavy atom. The van der Waals surface area contributed by atoms with Crippen LogP contribution in [0.5, 0.6) is 5.75 Å². The van der Waals surface area contributed by atoms with Gasteiger partial charge >= 0.3 is 0 Å². The number of aliphatic imine (C=N–C) groups is 1. The monoisotopic (exact) mass is 493 g/mol. The molecule has 1 fully saturated rings.